The van der Waals surface area contributed by atoms with E-state index in [4.69, 9.17) is 4.74 Å². The van der Waals surface area contributed by atoms with Gasteiger partial charge in [0.2, 0.25) is 0 Å². The molecule has 19 heavy (non-hydrogen) atoms. The molecule has 1 atom stereocenters. The summed E-state index contributed by atoms with van der Waals surface area (Å²) < 4.78 is 6.98. The van der Waals surface area contributed by atoms with Crippen LogP contribution in [0.2, 0.25) is 0 Å². The van der Waals surface area contributed by atoms with Gasteiger partial charge in [-0.15, -0.1) is 0 Å². The first kappa shape index (κ1) is 12.5. The van der Waals surface area contributed by atoms with Crippen LogP contribution in [0.25, 0.3) is 0 Å². The minimum Gasteiger partial charge on any atom is -0.493 e. The van der Waals surface area contributed by atoms with Crippen molar-refractivity contribution in [3.63, 3.8) is 0 Å². The standard InChI is InChI=1S/C16H16BrNO/c17-13-5-7-14(8-6-13)19-11-12-9-10-18-16-4-2-1-3-15(12)16/h1-8,12,18H,9-11H2. The Kier molecular flexibility index (Phi) is 3.74. The quantitative estimate of drug-likeness (QED) is 0.904. The second kappa shape index (κ2) is 5.66. The van der Waals surface area contributed by atoms with E-state index in [1.807, 2.05) is 24.3 Å². The molecule has 0 fully saturated rings. The molecule has 1 N–H and O–H groups in total. The van der Waals surface area contributed by atoms with Crippen molar-refractivity contribution in [2.24, 2.45) is 0 Å². The predicted molar refractivity (Wildman–Crippen MR) is 81.9 cm³/mol. The maximum Gasteiger partial charge on any atom is 0.119 e. The Morgan fingerprint density at radius 3 is 2.74 bits per heavy atom. The van der Waals surface area contributed by atoms with Crippen LogP contribution in [0, 0.1) is 0 Å². The summed E-state index contributed by atoms with van der Waals surface area (Å²) in [5.74, 6) is 1.40. The third kappa shape index (κ3) is 2.92. The second-order valence-electron chi connectivity index (χ2n) is 4.76. The van der Waals surface area contributed by atoms with Crippen LogP contribution in [0.15, 0.2) is 53.0 Å². The molecule has 0 saturated heterocycles. The van der Waals surface area contributed by atoms with Gasteiger partial charge in [-0.3, -0.25) is 0 Å². The molecule has 0 bridgehead atoms. The van der Waals surface area contributed by atoms with Crippen LogP contribution in [0.3, 0.4) is 0 Å². The smallest absolute Gasteiger partial charge is 0.119 e. The lowest BCUT2D eigenvalue weighted by atomic mass is 9.92. The Hall–Kier alpha value is -1.48. The molecular weight excluding hydrogens is 302 g/mol. The van der Waals surface area contributed by atoms with Gasteiger partial charge in [-0.1, -0.05) is 34.1 Å². The Morgan fingerprint density at radius 2 is 1.89 bits per heavy atom. The van der Waals surface area contributed by atoms with Crippen LogP contribution in [0.1, 0.15) is 17.9 Å². The fraction of sp³-hybridized carbons (Fsp3) is 0.250. The number of rotatable bonds is 3. The van der Waals surface area contributed by atoms with Crippen LogP contribution in [0.5, 0.6) is 5.75 Å². The summed E-state index contributed by atoms with van der Waals surface area (Å²) >= 11 is 3.43. The molecule has 1 unspecified atom stereocenters. The van der Waals surface area contributed by atoms with E-state index in [9.17, 15) is 0 Å². The zero-order valence-corrected chi connectivity index (χ0v) is 12.2. The normalized spacial score (nSPS) is 17.4. The molecule has 2 aromatic rings. The molecule has 0 aromatic heterocycles. The minimum atomic E-state index is 0.473. The zero-order chi connectivity index (χ0) is 13.1. The van der Waals surface area contributed by atoms with Gasteiger partial charge in [0.1, 0.15) is 5.75 Å². The van der Waals surface area contributed by atoms with Gasteiger partial charge in [0, 0.05) is 22.6 Å². The highest BCUT2D eigenvalue weighted by Crippen LogP contribution is 2.31. The van der Waals surface area contributed by atoms with E-state index < -0.39 is 0 Å². The van der Waals surface area contributed by atoms with Gasteiger partial charge < -0.3 is 10.1 Å². The van der Waals surface area contributed by atoms with Gasteiger partial charge in [-0.05, 0) is 42.3 Å². The topological polar surface area (TPSA) is 21.3 Å². The van der Waals surface area contributed by atoms with Crippen LogP contribution in [-0.4, -0.2) is 13.2 Å². The lowest BCUT2D eigenvalue weighted by Crippen LogP contribution is -2.21. The summed E-state index contributed by atoms with van der Waals surface area (Å²) in [6.07, 6.45) is 1.12. The van der Waals surface area contributed by atoms with Crippen LogP contribution >= 0.6 is 15.9 Å². The maximum atomic E-state index is 5.91. The summed E-state index contributed by atoms with van der Waals surface area (Å²) in [5, 5.41) is 3.44. The Labute approximate surface area is 121 Å². The number of hydrogen-bond donors (Lipinski definition) is 1. The highest BCUT2D eigenvalue weighted by molar-refractivity contribution is 9.10. The molecule has 0 amide bonds. The van der Waals surface area contributed by atoms with Gasteiger partial charge in [0.05, 0.1) is 6.61 Å². The van der Waals surface area contributed by atoms with E-state index >= 15 is 0 Å². The number of benzene rings is 2. The lowest BCUT2D eigenvalue weighted by Gasteiger charge is -2.26. The average molecular weight is 318 g/mol. The molecule has 2 aromatic carbocycles. The van der Waals surface area contributed by atoms with E-state index in [0.717, 1.165) is 29.8 Å². The summed E-state index contributed by atoms with van der Waals surface area (Å²) in [4.78, 5) is 0. The SMILES string of the molecule is Brc1ccc(OCC2CCNc3ccccc32)cc1. The van der Waals surface area contributed by atoms with Gasteiger partial charge in [0.25, 0.3) is 0 Å². The number of hydrogen-bond acceptors (Lipinski definition) is 2. The molecule has 0 aliphatic carbocycles. The number of nitrogens with one attached hydrogen (secondary N) is 1. The Bertz CT molecular complexity index is 553. The largest absolute Gasteiger partial charge is 0.493 e. The van der Waals surface area contributed by atoms with Crippen LogP contribution in [0.4, 0.5) is 5.69 Å². The fourth-order valence-corrected chi connectivity index (χ4v) is 2.72. The molecule has 1 aliphatic heterocycles. The van der Waals surface area contributed by atoms with E-state index in [-0.39, 0.29) is 0 Å². The maximum absolute atomic E-state index is 5.91. The number of para-hydroxylation sites is 1. The molecule has 1 aliphatic rings. The molecule has 2 nitrogen and oxygen atoms in total. The molecule has 98 valence electrons. The number of halogens is 1. The van der Waals surface area contributed by atoms with Gasteiger partial charge in [0.15, 0.2) is 0 Å². The summed E-state index contributed by atoms with van der Waals surface area (Å²) in [6, 6.07) is 16.5. The molecule has 3 heteroatoms. The van der Waals surface area contributed by atoms with Crippen molar-refractivity contribution in [2.75, 3.05) is 18.5 Å². The lowest BCUT2D eigenvalue weighted by molar-refractivity contribution is 0.282. The summed E-state index contributed by atoms with van der Waals surface area (Å²) in [7, 11) is 0. The Morgan fingerprint density at radius 1 is 1.11 bits per heavy atom. The molecule has 1 heterocycles. The van der Waals surface area contributed by atoms with Crippen molar-refractivity contribution in [2.45, 2.75) is 12.3 Å². The van der Waals surface area contributed by atoms with Crippen molar-refractivity contribution >= 4 is 21.6 Å². The number of ether oxygens (including phenoxy) is 1. The fourth-order valence-electron chi connectivity index (χ4n) is 2.45. The molecule has 0 radical (unpaired) electrons. The van der Waals surface area contributed by atoms with Crippen molar-refractivity contribution in [1.29, 1.82) is 0 Å². The van der Waals surface area contributed by atoms with Crippen molar-refractivity contribution in [3.8, 4) is 5.75 Å². The van der Waals surface area contributed by atoms with E-state index in [1.165, 1.54) is 11.3 Å². The first-order valence-electron chi connectivity index (χ1n) is 6.54. The monoisotopic (exact) mass is 317 g/mol. The van der Waals surface area contributed by atoms with Crippen molar-refractivity contribution in [1.82, 2.24) is 0 Å². The predicted octanol–water partition coefficient (Wildman–Crippen LogP) is 4.43. The van der Waals surface area contributed by atoms with Gasteiger partial charge in [-0.25, -0.2) is 0 Å². The highest BCUT2D eigenvalue weighted by atomic mass is 79.9. The van der Waals surface area contributed by atoms with Crippen molar-refractivity contribution < 1.29 is 4.74 Å². The average Bonchev–Trinajstić information content (AvgIpc) is 2.47. The first-order chi connectivity index (χ1) is 9.33. The zero-order valence-electron chi connectivity index (χ0n) is 10.6. The molecule has 0 spiro atoms. The van der Waals surface area contributed by atoms with Crippen molar-refractivity contribution in [3.05, 3.63) is 58.6 Å². The van der Waals surface area contributed by atoms with Gasteiger partial charge in [-0.2, -0.15) is 0 Å². The third-order valence-corrected chi connectivity index (χ3v) is 4.00. The summed E-state index contributed by atoms with van der Waals surface area (Å²) in [6.45, 7) is 1.76. The van der Waals surface area contributed by atoms with E-state index in [1.54, 1.807) is 0 Å². The highest BCUT2D eigenvalue weighted by Gasteiger charge is 2.19. The summed E-state index contributed by atoms with van der Waals surface area (Å²) in [5.41, 5.74) is 2.61. The van der Waals surface area contributed by atoms with E-state index in [2.05, 4.69) is 45.5 Å². The number of fused-ring (bicyclic) bond motifs is 1. The minimum absolute atomic E-state index is 0.473. The van der Waals surface area contributed by atoms with Crippen LogP contribution in [-0.2, 0) is 0 Å². The second-order valence-corrected chi connectivity index (χ2v) is 5.68. The molecule has 3 rings (SSSR count). The molecular formula is C16H16BrNO. The van der Waals surface area contributed by atoms with E-state index in [0.29, 0.717) is 5.92 Å². The van der Waals surface area contributed by atoms with Gasteiger partial charge >= 0.3 is 0 Å². The first-order valence-corrected chi connectivity index (χ1v) is 7.33. The Balaban J connectivity index is 1.69. The third-order valence-electron chi connectivity index (χ3n) is 3.47. The number of anilines is 1. The molecule has 0 saturated carbocycles. The van der Waals surface area contributed by atoms with Crippen LogP contribution < -0.4 is 10.1 Å².